The first-order valence-electron chi connectivity index (χ1n) is 13.1. The Morgan fingerprint density at radius 2 is 1.87 bits per heavy atom. The number of benzene rings is 1. The highest BCUT2D eigenvalue weighted by molar-refractivity contribution is 6.30. The number of aromatic nitrogens is 3. The summed E-state index contributed by atoms with van der Waals surface area (Å²) in [6, 6.07) is 8.71. The van der Waals surface area contributed by atoms with Gasteiger partial charge in [0.05, 0.1) is 22.2 Å². The van der Waals surface area contributed by atoms with E-state index in [1.54, 1.807) is 30.3 Å². The highest BCUT2D eigenvalue weighted by Gasteiger charge is 2.32. The van der Waals surface area contributed by atoms with Gasteiger partial charge < -0.3 is 30.1 Å². The smallest absolute Gasteiger partial charge is 0.287 e. The van der Waals surface area contributed by atoms with E-state index in [2.05, 4.69) is 39.3 Å². The number of halogens is 1. The fourth-order valence-corrected chi connectivity index (χ4v) is 5.14. The van der Waals surface area contributed by atoms with E-state index in [-0.39, 0.29) is 37.4 Å². The van der Waals surface area contributed by atoms with Crippen molar-refractivity contribution in [3.8, 4) is 0 Å². The van der Waals surface area contributed by atoms with Gasteiger partial charge in [0.2, 0.25) is 11.7 Å². The molecule has 0 unspecified atom stereocenters. The lowest BCUT2D eigenvalue weighted by Crippen LogP contribution is -2.53. The predicted octanol–water partition coefficient (Wildman–Crippen LogP) is 2.14. The van der Waals surface area contributed by atoms with Gasteiger partial charge >= 0.3 is 0 Å². The number of β-amino-alcohol motifs (C(OH)–C–C–N with tert-alkyl or cyclic N) is 1. The molecule has 11 nitrogen and oxygen atoms in total. The number of anilines is 1. The molecule has 2 fully saturated rings. The molecule has 3 aromatic rings. The van der Waals surface area contributed by atoms with Gasteiger partial charge in [0.25, 0.3) is 11.8 Å². The van der Waals surface area contributed by atoms with Crippen LogP contribution in [0.5, 0.6) is 0 Å². The Balaban J connectivity index is 1.43. The number of para-hydroxylation sites is 1. The van der Waals surface area contributed by atoms with Crippen molar-refractivity contribution in [3.05, 3.63) is 52.9 Å². The summed E-state index contributed by atoms with van der Waals surface area (Å²) in [6.07, 6.45) is 2.51. The van der Waals surface area contributed by atoms with Crippen molar-refractivity contribution in [2.75, 3.05) is 31.5 Å². The normalized spacial score (nSPS) is 16.9. The van der Waals surface area contributed by atoms with Gasteiger partial charge in [0.1, 0.15) is 17.9 Å². The van der Waals surface area contributed by atoms with Crippen LogP contribution >= 0.6 is 11.6 Å². The molecule has 2 aliphatic rings. The van der Waals surface area contributed by atoms with E-state index in [9.17, 15) is 19.5 Å². The number of amides is 3. The van der Waals surface area contributed by atoms with Crippen molar-refractivity contribution in [3.63, 3.8) is 0 Å². The number of carbonyl (C=O) groups excluding carboxylic acids is 3. The average molecular weight is 554 g/mol. The van der Waals surface area contributed by atoms with Gasteiger partial charge in [-0.3, -0.25) is 14.4 Å². The molecular formula is C27H32ClN7O4. The topological polar surface area (TPSA) is 133 Å². The van der Waals surface area contributed by atoms with E-state index in [0.29, 0.717) is 33.5 Å². The summed E-state index contributed by atoms with van der Waals surface area (Å²) >= 11 is 5.89. The molecule has 4 heterocycles. The second-order valence-corrected chi connectivity index (χ2v) is 10.8. The van der Waals surface area contributed by atoms with E-state index in [1.807, 2.05) is 0 Å². The second-order valence-electron chi connectivity index (χ2n) is 10.3. The lowest BCUT2D eigenvalue weighted by atomic mass is 10.0. The first-order chi connectivity index (χ1) is 18.7. The number of pyridine rings is 1. The van der Waals surface area contributed by atoms with Crippen LogP contribution in [-0.4, -0.2) is 91.5 Å². The average Bonchev–Trinajstić information content (AvgIpc) is 3.26. The molecule has 206 valence electrons. The standard InChI is InChI=1S/C27H32ClN7O4/c1-16(2)33-10-8-18(9-11-33)30-26(38)25-32-24-20(27(39)34-13-19(36)14-34)4-3-5-21(24)35(25)15-23(37)31-22-7-6-17(28)12-29-22/h3-7,12,16,18-19,36H,8-11,13-15H2,1-2H3,(H,30,38)(H,29,31,37). The van der Waals surface area contributed by atoms with Gasteiger partial charge in [0, 0.05) is 44.5 Å². The maximum absolute atomic E-state index is 13.5. The van der Waals surface area contributed by atoms with Crippen LogP contribution in [0.25, 0.3) is 11.0 Å². The summed E-state index contributed by atoms with van der Waals surface area (Å²) in [6.45, 7) is 6.36. The van der Waals surface area contributed by atoms with E-state index < -0.39 is 17.9 Å². The van der Waals surface area contributed by atoms with E-state index in [0.717, 1.165) is 25.9 Å². The molecule has 0 bridgehead atoms. The summed E-state index contributed by atoms with van der Waals surface area (Å²) in [7, 11) is 0. The Labute approximate surface area is 231 Å². The van der Waals surface area contributed by atoms with Gasteiger partial charge in [0.15, 0.2) is 0 Å². The number of aliphatic hydroxyl groups excluding tert-OH is 1. The Morgan fingerprint density at radius 1 is 1.13 bits per heavy atom. The first kappa shape index (κ1) is 27.0. The lowest BCUT2D eigenvalue weighted by molar-refractivity contribution is -0.116. The zero-order chi connectivity index (χ0) is 27.7. The summed E-state index contributed by atoms with van der Waals surface area (Å²) in [5.41, 5.74) is 1.14. The fourth-order valence-electron chi connectivity index (χ4n) is 5.03. The zero-order valence-corrected chi connectivity index (χ0v) is 22.7. The van der Waals surface area contributed by atoms with Crippen LogP contribution in [0.15, 0.2) is 36.5 Å². The molecule has 3 amide bonds. The number of likely N-dealkylation sites (tertiary alicyclic amines) is 2. The molecule has 0 spiro atoms. The molecule has 5 rings (SSSR count). The highest BCUT2D eigenvalue weighted by atomic mass is 35.5. The highest BCUT2D eigenvalue weighted by Crippen LogP contribution is 2.24. The van der Waals surface area contributed by atoms with Crippen molar-refractivity contribution >= 4 is 46.2 Å². The molecule has 3 N–H and O–H groups in total. The second kappa shape index (κ2) is 11.3. The monoisotopic (exact) mass is 553 g/mol. The number of aliphatic hydroxyl groups is 1. The number of piperidine rings is 1. The van der Waals surface area contributed by atoms with Gasteiger partial charge in [-0.1, -0.05) is 17.7 Å². The van der Waals surface area contributed by atoms with Crippen molar-refractivity contribution in [1.82, 2.24) is 29.7 Å². The summed E-state index contributed by atoms with van der Waals surface area (Å²) in [5.74, 6) is -0.711. The van der Waals surface area contributed by atoms with Gasteiger partial charge in [-0.2, -0.15) is 0 Å². The van der Waals surface area contributed by atoms with Crippen molar-refractivity contribution < 1.29 is 19.5 Å². The van der Waals surface area contributed by atoms with E-state index in [4.69, 9.17) is 11.6 Å². The maximum Gasteiger partial charge on any atom is 0.287 e. The zero-order valence-electron chi connectivity index (χ0n) is 21.9. The molecule has 0 atom stereocenters. The van der Waals surface area contributed by atoms with Crippen molar-refractivity contribution in [2.24, 2.45) is 0 Å². The van der Waals surface area contributed by atoms with Gasteiger partial charge in [-0.25, -0.2) is 9.97 Å². The van der Waals surface area contributed by atoms with Crippen LogP contribution in [0.4, 0.5) is 5.82 Å². The number of rotatable bonds is 7. The number of nitrogens with one attached hydrogen (secondary N) is 2. The number of carbonyl (C=O) groups is 3. The summed E-state index contributed by atoms with van der Waals surface area (Å²) in [5, 5.41) is 15.9. The first-order valence-corrected chi connectivity index (χ1v) is 13.5. The number of fused-ring (bicyclic) bond motifs is 1. The third-order valence-electron chi connectivity index (χ3n) is 7.25. The van der Waals surface area contributed by atoms with Crippen molar-refractivity contribution in [2.45, 2.75) is 51.4 Å². The Morgan fingerprint density at radius 3 is 2.51 bits per heavy atom. The van der Waals surface area contributed by atoms with E-state index >= 15 is 0 Å². The number of imidazole rings is 1. The molecule has 2 aliphatic heterocycles. The molecule has 12 heteroatoms. The molecule has 2 aromatic heterocycles. The van der Waals surface area contributed by atoms with E-state index in [1.165, 1.54) is 15.7 Å². The predicted molar refractivity (Wildman–Crippen MR) is 147 cm³/mol. The molecule has 39 heavy (non-hydrogen) atoms. The molecule has 0 radical (unpaired) electrons. The fraction of sp³-hybridized carbons (Fsp3) is 0.444. The minimum Gasteiger partial charge on any atom is -0.389 e. The Hall–Kier alpha value is -3.54. The largest absolute Gasteiger partial charge is 0.389 e. The van der Waals surface area contributed by atoms with Gasteiger partial charge in [-0.05, 0) is 51.0 Å². The van der Waals surface area contributed by atoms with Crippen LogP contribution in [-0.2, 0) is 11.3 Å². The Bertz CT molecular complexity index is 1380. The number of hydrogen-bond donors (Lipinski definition) is 3. The van der Waals surface area contributed by atoms with Crippen LogP contribution in [0.1, 0.15) is 47.7 Å². The Kier molecular flexibility index (Phi) is 7.83. The van der Waals surface area contributed by atoms with Crippen LogP contribution in [0.2, 0.25) is 5.02 Å². The maximum atomic E-state index is 13.5. The number of nitrogens with zero attached hydrogens (tertiary/aromatic N) is 5. The quantitative estimate of drug-likeness (QED) is 0.408. The molecule has 2 saturated heterocycles. The molecule has 1 aromatic carbocycles. The van der Waals surface area contributed by atoms with Crippen LogP contribution < -0.4 is 10.6 Å². The summed E-state index contributed by atoms with van der Waals surface area (Å²) < 4.78 is 1.53. The molecule has 0 aliphatic carbocycles. The molecule has 0 saturated carbocycles. The SMILES string of the molecule is CC(C)N1CCC(NC(=O)c2nc3c(C(=O)N4CC(O)C4)cccc3n2CC(=O)Nc2ccc(Cl)cn2)CC1. The number of hydrogen-bond acceptors (Lipinski definition) is 7. The minimum atomic E-state index is -0.542. The van der Waals surface area contributed by atoms with Crippen LogP contribution in [0.3, 0.4) is 0 Å². The minimum absolute atomic E-state index is 0.0171. The lowest BCUT2D eigenvalue weighted by Gasteiger charge is -2.35. The third kappa shape index (κ3) is 5.90. The summed E-state index contributed by atoms with van der Waals surface area (Å²) in [4.78, 5) is 52.3. The van der Waals surface area contributed by atoms with Crippen LogP contribution in [0, 0.1) is 0 Å². The molecular weight excluding hydrogens is 522 g/mol. The van der Waals surface area contributed by atoms with Gasteiger partial charge in [-0.15, -0.1) is 0 Å². The third-order valence-corrected chi connectivity index (χ3v) is 7.48. The van der Waals surface area contributed by atoms with Crippen molar-refractivity contribution in [1.29, 1.82) is 0 Å².